The van der Waals surface area contributed by atoms with Gasteiger partial charge in [-0.3, -0.25) is 0 Å². The molecule has 0 saturated heterocycles. The molecule has 1 rings (SSSR count). The maximum absolute atomic E-state index is 5.94. The molecule has 0 aliphatic rings. The van der Waals surface area contributed by atoms with E-state index in [-0.39, 0.29) is 6.79 Å². The Labute approximate surface area is 95.5 Å². The maximum atomic E-state index is 5.94. The molecule has 0 unspecified atom stereocenters. The highest BCUT2D eigenvalue weighted by molar-refractivity contribution is 6.30. The van der Waals surface area contributed by atoms with Crippen molar-refractivity contribution >= 4 is 17.2 Å². The van der Waals surface area contributed by atoms with Crippen molar-refractivity contribution in [3.63, 3.8) is 0 Å². The zero-order valence-electron chi connectivity index (χ0n) is 9.21. The highest BCUT2D eigenvalue weighted by atomic mass is 35.5. The van der Waals surface area contributed by atoms with E-state index in [9.17, 15) is 0 Å². The Bertz CT molecular complexity index is 359. The Balaban J connectivity index is 3.03. The number of benzene rings is 1. The van der Waals surface area contributed by atoms with Crippen LogP contribution in [0.15, 0.2) is 24.3 Å². The van der Waals surface area contributed by atoms with E-state index < -0.39 is 0 Å². The van der Waals surface area contributed by atoms with Crippen molar-refractivity contribution in [3.05, 3.63) is 34.9 Å². The summed E-state index contributed by atoms with van der Waals surface area (Å²) < 4.78 is 10.3. The average molecular weight is 227 g/mol. The van der Waals surface area contributed by atoms with E-state index >= 15 is 0 Å². The third-order valence-corrected chi connectivity index (χ3v) is 2.37. The summed E-state index contributed by atoms with van der Waals surface area (Å²) >= 11 is 5.94. The topological polar surface area (TPSA) is 18.5 Å². The van der Waals surface area contributed by atoms with Crippen LogP contribution >= 0.6 is 11.6 Å². The maximum Gasteiger partial charge on any atom is 0.188 e. The second kappa shape index (κ2) is 5.79. The quantitative estimate of drug-likeness (QED) is 0.728. The smallest absolute Gasteiger partial charge is 0.188 e. The first-order chi connectivity index (χ1) is 7.19. The van der Waals surface area contributed by atoms with Crippen molar-refractivity contribution < 1.29 is 9.47 Å². The second-order valence-corrected chi connectivity index (χ2v) is 3.60. The first-order valence-electron chi connectivity index (χ1n) is 4.73. The van der Waals surface area contributed by atoms with Crippen LogP contribution < -0.4 is 4.74 Å². The van der Waals surface area contributed by atoms with Crippen LogP contribution in [0.25, 0.3) is 5.57 Å². The van der Waals surface area contributed by atoms with Gasteiger partial charge in [0.25, 0.3) is 0 Å². The van der Waals surface area contributed by atoms with Gasteiger partial charge in [-0.2, -0.15) is 0 Å². The summed E-state index contributed by atoms with van der Waals surface area (Å²) in [4.78, 5) is 0. The minimum atomic E-state index is 0.242. The number of ether oxygens (including phenoxy) is 2. The molecule has 0 amide bonds. The number of allylic oxidation sites excluding steroid dienone is 2. The van der Waals surface area contributed by atoms with Gasteiger partial charge in [-0.05, 0) is 37.6 Å². The van der Waals surface area contributed by atoms with Crippen LogP contribution in [-0.2, 0) is 4.74 Å². The number of methoxy groups -OCH3 is 1. The Morgan fingerprint density at radius 3 is 2.80 bits per heavy atom. The summed E-state index contributed by atoms with van der Waals surface area (Å²) in [6.45, 7) is 4.24. The van der Waals surface area contributed by atoms with Crippen molar-refractivity contribution in [2.45, 2.75) is 13.8 Å². The zero-order chi connectivity index (χ0) is 11.3. The molecule has 0 fully saturated rings. The van der Waals surface area contributed by atoms with Crippen molar-refractivity contribution in [1.29, 1.82) is 0 Å². The van der Waals surface area contributed by atoms with Gasteiger partial charge in [-0.15, -0.1) is 0 Å². The highest BCUT2D eigenvalue weighted by Gasteiger charge is 2.05. The van der Waals surface area contributed by atoms with Crippen LogP contribution in [0.3, 0.4) is 0 Å². The third-order valence-electron chi connectivity index (χ3n) is 2.13. The number of hydrogen-bond donors (Lipinski definition) is 0. The fraction of sp³-hybridized carbons (Fsp3) is 0.333. The van der Waals surface area contributed by atoms with Crippen molar-refractivity contribution in [2.24, 2.45) is 0 Å². The van der Waals surface area contributed by atoms with E-state index in [4.69, 9.17) is 21.1 Å². The molecular formula is C12H15ClO2. The molecule has 0 aliphatic heterocycles. The highest BCUT2D eigenvalue weighted by Crippen LogP contribution is 2.28. The van der Waals surface area contributed by atoms with Crippen LogP contribution in [0.1, 0.15) is 19.4 Å². The molecule has 1 aromatic carbocycles. The molecule has 0 bridgehead atoms. The van der Waals surface area contributed by atoms with Crippen LogP contribution in [0, 0.1) is 0 Å². The Hall–Kier alpha value is -0.990. The number of halogens is 1. The van der Waals surface area contributed by atoms with Crippen molar-refractivity contribution in [3.8, 4) is 5.75 Å². The van der Waals surface area contributed by atoms with Crippen molar-refractivity contribution in [1.82, 2.24) is 0 Å². The SMILES string of the molecule is C/C=C(/C)c1cc(Cl)ccc1OCOC. The van der Waals surface area contributed by atoms with Crippen LogP contribution in [-0.4, -0.2) is 13.9 Å². The number of hydrogen-bond acceptors (Lipinski definition) is 2. The summed E-state index contributed by atoms with van der Waals surface area (Å²) in [5.41, 5.74) is 2.13. The predicted octanol–water partition coefficient (Wildman–Crippen LogP) is 3.75. The Morgan fingerprint density at radius 1 is 1.47 bits per heavy atom. The first kappa shape index (κ1) is 12.1. The summed E-state index contributed by atoms with van der Waals surface area (Å²) in [6, 6.07) is 5.55. The van der Waals surface area contributed by atoms with Crippen LogP contribution in [0.5, 0.6) is 5.75 Å². The molecule has 0 atom stereocenters. The second-order valence-electron chi connectivity index (χ2n) is 3.16. The molecule has 0 radical (unpaired) electrons. The largest absolute Gasteiger partial charge is 0.467 e. The lowest BCUT2D eigenvalue weighted by atomic mass is 10.1. The predicted molar refractivity (Wildman–Crippen MR) is 63.3 cm³/mol. The van der Waals surface area contributed by atoms with Crippen molar-refractivity contribution in [2.75, 3.05) is 13.9 Å². The minimum absolute atomic E-state index is 0.242. The van der Waals surface area contributed by atoms with Gasteiger partial charge in [0, 0.05) is 17.7 Å². The average Bonchev–Trinajstić information content (AvgIpc) is 2.26. The summed E-state index contributed by atoms with van der Waals surface area (Å²) in [6.07, 6.45) is 2.02. The lowest BCUT2D eigenvalue weighted by Gasteiger charge is -2.11. The molecule has 0 N–H and O–H groups in total. The van der Waals surface area contributed by atoms with E-state index in [1.807, 2.05) is 32.1 Å². The molecule has 0 heterocycles. The molecule has 3 heteroatoms. The molecule has 1 aromatic rings. The van der Waals surface area contributed by atoms with Crippen LogP contribution in [0.4, 0.5) is 0 Å². The molecule has 82 valence electrons. The minimum Gasteiger partial charge on any atom is -0.467 e. The zero-order valence-corrected chi connectivity index (χ0v) is 9.97. The lowest BCUT2D eigenvalue weighted by molar-refractivity contribution is 0.0509. The molecule has 15 heavy (non-hydrogen) atoms. The molecule has 2 nitrogen and oxygen atoms in total. The van der Waals surface area contributed by atoms with Gasteiger partial charge in [0.2, 0.25) is 0 Å². The van der Waals surface area contributed by atoms with E-state index in [1.54, 1.807) is 13.2 Å². The van der Waals surface area contributed by atoms with E-state index in [0.29, 0.717) is 5.02 Å². The van der Waals surface area contributed by atoms with Gasteiger partial charge in [-0.1, -0.05) is 17.7 Å². The van der Waals surface area contributed by atoms with E-state index in [1.165, 1.54) is 0 Å². The first-order valence-corrected chi connectivity index (χ1v) is 5.11. The third kappa shape index (κ3) is 3.26. The summed E-state index contributed by atoms with van der Waals surface area (Å²) in [5.74, 6) is 0.789. The van der Waals surface area contributed by atoms with E-state index in [2.05, 4.69) is 0 Å². The molecule has 0 saturated carbocycles. The summed E-state index contributed by atoms with van der Waals surface area (Å²) in [5, 5.41) is 0.705. The van der Waals surface area contributed by atoms with Gasteiger partial charge in [0.05, 0.1) is 0 Å². The normalized spacial score (nSPS) is 11.6. The van der Waals surface area contributed by atoms with E-state index in [0.717, 1.165) is 16.9 Å². The fourth-order valence-corrected chi connectivity index (χ4v) is 1.39. The molecular weight excluding hydrogens is 212 g/mol. The standard InChI is InChI=1S/C12H15ClO2/c1-4-9(2)11-7-10(13)5-6-12(11)15-8-14-3/h4-7H,8H2,1-3H3/b9-4-. The van der Waals surface area contributed by atoms with Gasteiger partial charge in [-0.25, -0.2) is 0 Å². The monoisotopic (exact) mass is 226 g/mol. The van der Waals surface area contributed by atoms with Gasteiger partial charge >= 0.3 is 0 Å². The molecule has 0 spiro atoms. The summed E-state index contributed by atoms with van der Waals surface area (Å²) in [7, 11) is 1.60. The Morgan fingerprint density at radius 2 is 2.20 bits per heavy atom. The van der Waals surface area contributed by atoms with Gasteiger partial charge < -0.3 is 9.47 Å². The van der Waals surface area contributed by atoms with Crippen LogP contribution in [0.2, 0.25) is 5.02 Å². The molecule has 0 aromatic heterocycles. The van der Waals surface area contributed by atoms with Gasteiger partial charge in [0.15, 0.2) is 6.79 Å². The van der Waals surface area contributed by atoms with Gasteiger partial charge in [0.1, 0.15) is 5.75 Å². The Kier molecular flexibility index (Phi) is 4.66. The fourth-order valence-electron chi connectivity index (χ4n) is 1.21. The number of rotatable bonds is 4. The molecule has 0 aliphatic carbocycles. The lowest BCUT2D eigenvalue weighted by Crippen LogP contribution is -2.01.